The van der Waals surface area contributed by atoms with Crippen molar-refractivity contribution in [3.63, 3.8) is 0 Å². The van der Waals surface area contributed by atoms with Gasteiger partial charge in [-0.3, -0.25) is 19.4 Å². The Labute approximate surface area is 242 Å². The van der Waals surface area contributed by atoms with Crippen LogP contribution in [0.25, 0.3) is 10.9 Å². The van der Waals surface area contributed by atoms with Crippen LogP contribution in [0.4, 0.5) is 0 Å². The van der Waals surface area contributed by atoms with E-state index in [4.69, 9.17) is 25.9 Å². The van der Waals surface area contributed by atoms with Gasteiger partial charge in [-0.2, -0.15) is 0 Å². The number of pyridine rings is 1. The Bertz CT molecular complexity index is 1580. The summed E-state index contributed by atoms with van der Waals surface area (Å²) in [6.45, 7) is 0.0578. The third kappa shape index (κ3) is 7.22. The van der Waals surface area contributed by atoms with Gasteiger partial charge < -0.3 is 19.5 Å². The number of aromatic nitrogens is 1. The molecule has 0 bridgehead atoms. The number of ketones is 1. The largest absolute Gasteiger partial charge is 0.496 e. The highest BCUT2D eigenvalue weighted by Gasteiger charge is 2.24. The number of fused-ring (bicyclic) bond motifs is 1. The molecule has 9 nitrogen and oxygen atoms in total. The SMILES string of the molecule is COc1cc2nccc(Oc3ccc(CC(=O)CC4CC4)c(Cl)c3)c2cc1C(=O)NOCc1ccc(B(O)O)cc1. The minimum atomic E-state index is -1.56. The van der Waals surface area contributed by atoms with E-state index in [-0.39, 0.29) is 18.0 Å². The molecule has 1 aliphatic rings. The van der Waals surface area contributed by atoms with Gasteiger partial charge in [0.15, 0.2) is 0 Å². The molecule has 0 aliphatic heterocycles. The fourth-order valence-electron chi connectivity index (χ4n) is 4.40. The predicted octanol–water partition coefficient (Wildman–Crippen LogP) is 4.14. The van der Waals surface area contributed by atoms with Crippen molar-refractivity contribution in [2.75, 3.05) is 7.11 Å². The molecule has 3 aromatic carbocycles. The van der Waals surface area contributed by atoms with Gasteiger partial charge in [0, 0.05) is 35.5 Å². The summed E-state index contributed by atoms with van der Waals surface area (Å²) in [6, 6.07) is 16.6. The number of rotatable bonds is 12. The van der Waals surface area contributed by atoms with Gasteiger partial charge >= 0.3 is 7.12 Å². The quantitative estimate of drug-likeness (QED) is 0.170. The van der Waals surface area contributed by atoms with Gasteiger partial charge in [0.05, 0.1) is 24.8 Å². The van der Waals surface area contributed by atoms with Gasteiger partial charge in [0.25, 0.3) is 5.91 Å². The Balaban J connectivity index is 1.30. The number of carbonyl (C=O) groups excluding carboxylic acids is 2. The molecule has 0 saturated heterocycles. The third-order valence-electron chi connectivity index (χ3n) is 6.80. The van der Waals surface area contributed by atoms with Crippen molar-refractivity contribution < 1.29 is 33.9 Å². The van der Waals surface area contributed by atoms with Gasteiger partial charge in [-0.15, -0.1) is 0 Å². The van der Waals surface area contributed by atoms with Crippen LogP contribution in [-0.4, -0.2) is 41.0 Å². The molecule has 3 N–H and O–H groups in total. The average Bonchev–Trinajstić information content (AvgIpc) is 3.78. The first-order chi connectivity index (χ1) is 19.8. The van der Waals surface area contributed by atoms with E-state index in [1.807, 2.05) is 0 Å². The second-order valence-corrected chi connectivity index (χ2v) is 10.3. The first-order valence-electron chi connectivity index (χ1n) is 13.1. The Hall–Kier alpha value is -3.96. The topological polar surface area (TPSA) is 127 Å². The summed E-state index contributed by atoms with van der Waals surface area (Å²) in [5, 5.41) is 19.5. The van der Waals surface area contributed by atoms with Crippen LogP contribution in [0.15, 0.2) is 66.9 Å². The van der Waals surface area contributed by atoms with Crippen molar-refractivity contribution in [3.05, 3.63) is 88.6 Å². The highest BCUT2D eigenvalue weighted by molar-refractivity contribution is 6.58. The number of halogens is 1. The third-order valence-corrected chi connectivity index (χ3v) is 7.15. The molecule has 4 aromatic rings. The summed E-state index contributed by atoms with van der Waals surface area (Å²) in [4.78, 5) is 35.1. The van der Waals surface area contributed by atoms with Gasteiger partial charge in [-0.25, -0.2) is 5.48 Å². The van der Waals surface area contributed by atoms with Crippen LogP contribution >= 0.6 is 11.6 Å². The zero-order valence-electron chi connectivity index (χ0n) is 22.3. The molecular weight excluding hydrogens is 547 g/mol. The van der Waals surface area contributed by atoms with Crippen molar-refractivity contribution >= 4 is 46.8 Å². The number of hydrogen-bond donors (Lipinski definition) is 3. The molecule has 1 heterocycles. The number of hydroxylamine groups is 1. The Morgan fingerprint density at radius 3 is 2.51 bits per heavy atom. The number of carbonyl (C=O) groups is 2. The summed E-state index contributed by atoms with van der Waals surface area (Å²) >= 11 is 6.48. The number of hydrogen-bond acceptors (Lipinski definition) is 8. The molecule has 41 heavy (non-hydrogen) atoms. The lowest BCUT2D eigenvalue weighted by Gasteiger charge is -2.14. The van der Waals surface area contributed by atoms with Crippen molar-refractivity contribution in [3.8, 4) is 17.2 Å². The van der Waals surface area contributed by atoms with Crippen molar-refractivity contribution in [2.45, 2.75) is 32.3 Å². The van der Waals surface area contributed by atoms with Crippen LogP contribution in [0, 0.1) is 5.92 Å². The minimum Gasteiger partial charge on any atom is -0.496 e. The molecule has 1 saturated carbocycles. The normalized spacial score (nSPS) is 12.7. The second-order valence-electron chi connectivity index (χ2n) is 9.93. The smallest absolute Gasteiger partial charge is 0.488 e. The minimum absolute atomic E-state index is 0.0578. The zero-order valence-corrected chi connectivity index (χ0v) is 23.1. The zero-order chi connectivity index (χ0) is 28.9. The lowest BCUT2D eigenvalue weighted by Crippen LogP contribution is -2.29. The van der Waals surface area contributed by atoms with Gasteiger partial charge in [-0.1, -0.05) is 41.9 Å². The standard InChI is InChI=1S/C30H28BClN2O7/c1-39-29-16-27-24(15-25(29)30(36)34-40-17-19-4-7-21(8-5-19)31(37)38)28(10-11-33-27)41-23-9-6-20(26(32)14-23)13-22(35)12-18-2-3-18/h4-11,14-16,18,37-38H,2-3,12-13,17H2,1H3,(H,34,36). The van der Waals surface area contributed by atoms with Crippen molar-refractivity contribution in [2.24, 2.45) is 5.92 Å². The maximum absolute atomic E-state index is 13.0. The van der Waals surface area contributed by atoms with Gasteiger partial charge in [-0.05, 0) is 59.6 Å². The molecule has 0 radical (unpaired) electrons. The second kappa shape index (κ2) is 12.7. The number of ether oxygens (including phenoxy) is 2. The lowest BCUT2D eigenvalue weighted by molar-refractivity contribution is -0.118. The summed E-state index contributed by atoms with van der Waals surface area (Å²) in [7, 11) is -0.105. The lowest BCUT2D eigenvalue weighted by atomic mass is 9.80. The summed E-state index contributed by atoms with van der Waals surface area (Å²) in [5.41, 5.74) is 5.00. The fraction of sp³-hybridized carbons (Fsp3) is 0.233. The van der Waals surface area contributed by atoms with E-state index in [1.165, 1.54) is 7.11 Å². The molecule has 5 rings (SSSR count). The molecule has 1 amide bonds. The van der Waals surface area contributed by atoms with E-state index in [0.29, 0.717) is 57.4 Å². The van der Waals surface area contributed by atoms with Gasteiger partial charge in [0.2, 0.25) is 0 Å². The Morgan fingerprint density at radius 1 is 1.05 bits per heavy atom. The maximum atomic E-state index is 13.0. The van der Waals surface area contributed by atoms with E-state index >= 15 is 0 Å². The van der Waals surface area contributed by atoms with Crippen LogP contribution in [0.5, 0.6) is 17.2 Å². The summed E-state index contributed by atoms with van der Waals surface area (Å²) in [5.74, 6) is 1.41. The molecule has 11 heteroatoms. The van der Waals surface area contributed by atoms with Crippen LogP contribution in [0.1, 0.15) is 40.7 Å². The first-order valence-corrected chi connectivity index (χ1v) is 13.5. The molecule has 1 aromatic heterocycles. The van der Waals surface area contributed by atoms with E-state index in [1.54, 1.807) is 66.9 Å². The fourth-order valence-corrected chi connectivity index (χ4v) is 4.64. The molecule has 0 spiro atoms. The Morgan fingerprint density at radius 2 is 1.83 bits per heavy atom. The van der Waals surface area contributed by atoms with Crippen LogP contribution < -0.4 is 20.4 Å². The van der Waals surface area contributed by atoms with Gasteiger partial charge in [0.1, 0.15) is 23.0 Å². The highest BCUT2D eigenvalue weighted by Crippen LogP contribution is 2.36. The van der Waals surface area contributed by atoms with Crippen molar-refractivity contribution in [1.82, 2.24) is 10.5 Å². The maximum Gasteiger partial charge on any atom is 0.488 e. The highest BCUT2D eigenvalue weighted by atomic mass is 35.5. The van der Waals surface area contributed by atoms with E-state index in [2.05, 4.69) is 10.5 Å². The summed E-state index contributed by atoms with van der Waals surface area (Å²) < 4.78 is 11.6. The number of nitrogens with zero attached hydrogens (tertiary/aromatic N) is 1. The molecule has 0 unspecified atom stereocenters. The molecule has 0 atom stereocenters. The number of amides is 1. The predicted molar refractivity (Wildman–Crippen MR) is 154 cm³/mol. The number of Topliss-reactive ketones (excluding diaryl/α,β-unsaturated/α-hetero) is 1. The van der Waals surface area contributed by atoms with Crippen LogP contribution in [-0.2, 0) is 22.7 Å². The molecule has 1 aliphatic carbocycles. The molecule has 1 fully saturated rings. The Kier molecular flexibility index (Phi) is 8.85. The van der Waals surface area contributed by atoms with Crippen LogP contribution in [0.2, 0.25) is 5.02 Å². The van der Waals surface area contributed by atoms with Crippen LogP contribution in [0.3, 0.4) is 0 Å². The number of benzene rings is 3. The van der Waals surface area contributed by atoms with Crippen molar-refractivity contribution in [1.29, 1.82) is 0 Å². The molecular formula is C30H28BClN2O7. The number of nitrogens with one attached hydrogen (secondary N) is 1. The average molecular weight is 575 g/mol. The molecule has 210 valence electrons. The monoisotopic (exact) mass is 574 g/mol. The van der Waals surface area contributed by atoms with E-state index < -0.39 is 13.0 Å². The van der Waals surface area contributed by atoms with E-state index in [0.717, 1.165) is 24.0 Å². The van der Waals surface area contributed by atoms with E-state index in [9.17, 15) is 19.6 Å². The first kappa shape index (κ1) is 28.6. The number of methoxy groups -OCH3 is 1. The summed E-state index contributed by atoms with van der Waals surface area (Å²) in [6.07, 6.45) is 4.74.